The van der Waals surface area contributed by atoms with Gasteiger partial charge in [-0.2, -0.15) is 0 Å². The Morgan fingerprint density at radius 1 is 1.35 bits per heavy atom. The molecule has 1 atom stereocenters. The molecule has 0 aliphatic rings. The molecule has 0 fully saturated rings. The van der Waals surface area contributed by atoms with Gasteiger partial charge in [-0.25, -0.2) is 0 Å². The Bertz CT molecular complexity index is 662. The topological polar surface area (TPSA) is 65.2 Å². The van der Waals surface area contributed by atoms with Gasteiger partial charge in [0.2, 0.25) is 0 Å². The predicted molar refractivity (Wildman–Crippen MR) is 81.5 cm³/mol. The first kappa shape index (κ1) is 14.8. The Balaban J connectivity index is 2.27. The third kappa shape index (κ3) is 3.49. The summed E-state index contributed by atoms with van der Waals surface area (Å²) < 4.78 is 17.6. The summed E-state index contributed by atoms with van der Waals surface area (Å²) in [4.78, 5) is 4.88. The van der Waals surface area contributed by atoms with Crippen LogP contribution >= 0.6 is 11.6 Å². The van der Waals surface area contributed by atoms with Crippen LogP contribution in [0.1, 0.15) is 11.4 Å². The molecule has 4 nitrogen and oxygen atoms in total. The minimum Gasteiger partial charge on any atom is -0.497 e. The second kappa shape index (κ2) is 6.24. The van der Waals surface area contributed by atoms with Gasteiger partial charge in [0.05, 0.1) is 34.3 Å². The van der Waals surface area contributed by atoms with Crippen molar-refractivity contribution in [2.45, 2.75) is 17.6 Å². The van der Waals surface area contributed by atoms with Crippen molar-refractivity contribution in [2.24, 2.45) is 0 Å². The molecule has 0 amide bonds. The largest absolute Gasteiger partial charge is 0.497 e. The van der Waals surface area contributed by atoms with E-state index in [0.717, 1.165) is 5.69 Å². The van der Waals surface area contributed by atoms with Crippen LogP contribution in [-0.4, -0.2) is 16.3 Å². The van der Waals surface area contributed by atoms with Gasteiger partial charge in [0.25, 0.3) is 0 Å². The number of ether oxygens (including phenoxy) is 1. The molecule has 0 aliphatic heterocycles. The van der Waals surface area contributed by atoms with E-state index in [4.69, 9.17) is 22.1 Å². The Labute approximate surface area is 125 Å². The van der Waals surface area contributed by atoms with Crippen molar-refractivity contribution < 1.29 is 8.95 Å². The van der Waals surface area contributed by atoms with E-state index in [1.54, 1.807) is 31.4 Å². The molecule has 1 unspecified atom stereocenters. The zero-order chi connectivity index (χ0) is 14.7. The fraction of sp³-hybridized carbons (Fsp3) is 0.214. The summed E-state index contributed by atoms with van der Waals surface area (Å²) in [6.07, 6.45) is 0. The highest BCUT2D eigenvalue weighted by Crippen LogP contribution is 2.24. The van der Waals surface area contributed by atoms with Gasteiger partial charge in [-0.15, -0.1) is 0 Å². The predicted octanol–water partition coefficient (Wildman–Crippen LogP) is 2.94. The lowest BCUT2D eigenvalue weighted by Crippen LogP contribution is -2.03. The van der Waals surface area contributed by atoms with Crippen LogP contribution in [0.5, 0.6) is 5.75 Å². The van der Waals surface area contributed by atoms with E-state index in [1.807, 2.05) is 13.0 Å². The smallest absolute Gasteiger partial charge is 0.122 e. The maximum absolute atomic E-state index is 12.4. The van der Waals surface area contributed by atoms with Gasteiger partial charge in [0, 0.05) is 28.5 Å². The van der Waals surface area contributed by atoms with Gasteiger partial charge >= 0.3 is 0 Å². The van der Waals surface area contributed by atoms with Crippen LogP contribution in [0.4, 0.5) is 5.69 Å². The van der Waals surface area contributed by atoms with E-state index in [0.29, 0.717) is 27.0 Å². The Kier molecular flexibility index (Phi) is 4.62. The number of halogens is 1. The molecule has 0 saturated heterocycles. The fourth-order valence-corrected chi connectivity index (χ4v) is 3.21. The van der Waals surface area contributed by atoms with Gasteiger partial charge < -0.3 is 10.5 Å². The van der Waals surface area contributed by atoms with E-state index in [1.165, 1.54) is 0 Å². The summed E-state index contributed by atoms with van der Waals surface area (Å²) in [5, 5.41) is 0.511. The van der Waals surface area contributed by atoms with Crippen molar-refractivity contribution in [1.82, 2.24) is 4.98 Å². The van der Waals surface area contributed by atoms with Crippen molar-refractivity contribution >= 4 is 28.1 Å². The van der Waals surface area contributed by atoms with Crippen LogP contribution in [0.25, 0.3) is 0 Å². The second-order valence-electron chi connectivity index (χ2n) is 4.31. The number of nitrogens with two attached hydrogens (primary N) is 1. The lowest BCUT2D eigenvalue weighted by Gasteiger charge is -2.08. The first-order valence-electron chi connectivity index (χ1n) is 5.94. The van der Waals surface area contributed by atoms with E-state index >= 15 is 0 Å². The first-order chi connectivity index (χ1) is 9.49. The van der Waals surface area contributed by atoms with Gasteiger partial charge in [-0.1, -0.05) is 11.6 Å². The molecule has 1 heterocycles. The highest BCUT2D eigenvalue weighted by atomic mass is 35.5. The highest BCUT2D eigenvalue weighted by Gasteiger charge is 2.11. The molecule has 2 N–H and O–H groups in total. The molecule has 106 valence electrons. The van der Waals surface area contributed by atoms with Crippen LogP contribution < -0.4 is 10.5 Å². The normalized spacial score (nSPS) is 12.2. The van der Waals surface area contributed by atoms with Crippen LogP contribution in [-0.2, 0) is 16.6 Å². The van der Waals surface area contributed by atoms with Crippen LogP contribution in [0.3, 0.4) is 0 Å². The van der Waals surface area contributed by atoms with Crippen molar-refractivity contribution in [3.63, 3.8) is 0 Å². The summed E-state index contributed by atoms with van der Waals surface area (Å²) >= 11 is 5.91. The molecule has 6 heteroatoms. The summed E-state index contributed by atoms with van der Waals surface area (Å²) in [7, 11) is 0.286. The number of hydrogen-bond donors (Lipinski definition) is 1. The van der Waals surface area contributed by atoms with Crippen molar-refractivity contribution in [2.75, 3.05) is 12.8 Å². The number of rotatable bonds is 4. The maximum atomic E-state index is 12.4. The highest BCUT2D eigenvalue weighted by molar-refractivity contribution is 7.84. The molecule has 20 heavy (non-hydrogen) atoms. The number of nitrogen functional groups attached to an aromatic ring is 1. The second-order valence-corrected chi connectivity index (χ2v) is 6.17. The number of nitrogens with zero attached hydrogens (tertiary/aromatic N) is 1. The van der Waals surface area contributed by atoms with Crippen molar-refractivity contribution in [3.05, 3.63) is 46.7 Å². The van der Waals surface area contributed by atoms with Gasteiger partial charge in [-0.05, 0) is 25.1 Å². The first-order valence-corrected chi connectivity index (χ1v) is 7.64. The SMILES string of the molecule is COc1cc(C)nc(CS(=O)c2cc(Cl)ccc2N)c1. The molecule has 0 radical (unpaired) electrons. The summed E-state index contributed by atoms with van der Waals surface area (Å²) in [6.45, 7) is 1.86. The number of aromatic nitrogens is 1. The fourth-order valence-electron chi connectivity index (χ4n) is 1.81. The summed E-state index contributed by atoms with van der Waals surface area (Å²) in [5.41, 5.74) is 7.81. The minimum atomic E-state index is -1.30. The number of anilines is 1. The molecule has 1 aromatic carbocycles. The number of aryl methyl sites for hydroxylation is 1. The number of hydrogen-bond acceptors (Lipinski definition) is 4. The third-order valence-electron chi connectivity index (χ3n) is 2.72. The molecule has 1 aromatic heterocycles. The Hall–Kier alpha value is -1.59. The van der Waals surface area contributed by atoms with Crippen LogP contribution in [0, 0.1) is 6.92 Å². The molecule has 0 aliphatic carbocycles. The van der Waals surface area contributed by atoms with Gasteiger partial charge in [0.1, 0.15) is 5.75 Å². The molecular formula is C14H15ClN2O2S. The van der Waals surface area contributed by atoms with E-state index < -0.39 is 10.8 Å². The average molecular weight is 311 g/mol. The standard InChI is InChI=1S/C14H15ClN2O2S/c1-9-5-12(19-2)7-11(17-9)8-20(18)14-6-10(15)3-4-13(14)16/h3-7H,8,16H2,1-2H3. The molecule has 0 saturated carbocycles. The average Bonchev–Trinajstić information content (AvgIpc) is 2.40. The van der Waals surface area contributed by atoms with Crippen LogP contribution in [0.15, 0.2) is 35.2 Å². The molecule has 0 spiro atoms. The number of methoxy groups -OCH3 is 1. The van der Waals surface area contributed by atoms with Crippen molar-refractivity contribution in [1.29, 1.82) is 0 Å². The summed E-state index contributed by atoms with van der Waals surface area (Å²) in [6, 6.07) is 8.54. The molecule has 0 bridgehead atoms. The Morgan fingerprint density at radius 2 is 2.10 bits per heavy atom. The quantitative estimate of drug-likeness (QED) is 0.882. The van der Waals surface area contributed by atoms with E-state index in [9.17, 15) is 4.21 Å². The monoisotopic (exact) mass is 310 g/mol. The maximum Gasteiger partial charge on any atom is 0.122 e. The van der Waals surface area contributed by atoms with Crippen molar-refractivity contribution in [3.8, 4) is 5.75 Å². The zero-order valence-corrected chi connectivity index (χ0v) is 12.8. The summed E-state index contributed by atoms with van der Waals surface area (Å²) in [5.74, 6) is 0.964. The third-order valence-corrected chi connectivity index (χ3v) is 4.35. The zero-order valence-electron chi connectivity index (χ0n) is 11.2. The Morgan fingerprint density at radius 3 is 2.80 bits per heavy atom. The molecular weight excluding hydrogens is 296 g/mol. The number of benzene rings is 1. The van der Waals surface area contributed by atoms with Gasteiger partial charge in [0.15, 0.2) is 0 Å². The van der Waals surface area contributed by atoms with Gasteiger partial charge in [-0.3, -0.25) is 9.19 Å². The minimum absolute atomic E-state index is 0.266. The van der Waals surface area contributed by atoms with E-state index in [-0.39, 0.29) is 5.75 Å². The molecule has 2 aromatic rings. The van der Waals surface area contributed by atoms with Crippen LogP contribution in [0.2, 0.25) is 5.02 Å². The van der Waals surface area contributed by atoms with E-state index in [2.05, 4.69) is 4.98 Å². The lowest BCUT2D eigenvalue weighted by atomic mass is 10.3. The number of pyridine rings is 1. The molecule has 2 rings (SSSR count). The lowest BCUT2D eigenvalue weighted by molar-refractivity contribution is 0.413.